The molecule has 2 amide bonds. The van der Waals surface area contributed by atoms with Gasteiger partial charge < -0.3 is 19.5 Å². The molecule has 3 heterocycles. The van der Waals surface area contributed by atoms with Gasteiger partial charge >= 0.3 is 0 Å². The molecule has 0 spiro atoms. The monoisotopic (exact) mass is 490 g/mol. The van der Waals surface area contributed by atoms with Crippen LogP contribution in [-0.2, 0) is 22.4 Å². The van der Waals surface area contributed by atoms with Crippen molar-refractivity contribution in [2.24, 2.45) is 0 Å². The summed E-state index contributed by atoms with van der Waals surface area (Å²) >= 11 is 1.59. The topological polar surface area (TPSA) is 104 Å². The summed E-state index contributed by atoms with van der Waals surface area (Å²) in [6.07, 6.45) is 0.333. The van der Waals surface area contributed by atoms with Crippen molar-refractivity contribution >= 4 is 33.4 Å². The Bertz CT molecular complexity index is 1330. The average Bonchev–Trinajstić information content (AvgIpc) is 3.49. The van der Waals surface area contributed by atoms with Gasteiger partial charge in [-0.3, -0.25) is 9.59 Å². The van der Waals surface area contributed by atoms with Crippen LogP contribution in [0.4, 0.5) is 0 Å². The lowest BCUT2D eigenvalue weighted by molar-refractivity contribution is -0.134. The van der Waals surface area contributed by atoms with Gasteiger partial charge in [0, 0.05) is 26.2 Å². The third-order valence-corrected chi connectivity index (χ3v) is 6.97. The molecule has 9 nitrogen and oxygen atoms in total. The van der Waals surface area contributed by atoms with E-state index < -0.39 is 0 Å². The molecule has 35 heavy (non-hydrogen) atoms. The fourth-order valence-electron chi connectivity index (χ4n) is 3.96. The number of thiazole rings is 1. The molecule has 0 aliphatic carbocycles. The third kappa shape index (κ3) is 5.72. The summed E-state index contributed by atoms with van der Waals surface area (Å²) in [5, 5.41) is 11.6. The molecule has 2 aromatic heterocycles. The number of piperazine rings is 1. The molecule has 10 heteroatoms. The number of nitrogens with one attached hydrogen (secondary N) is 1. The Balaban J connectivity index is 1.15. The molecule has 5 rings (SSSR count). The predicted octanol–water partition coefficient (Wildman–Crippen LogP) is 2.37. The first kappa shape index (κ1) is 23.1. The Kier molecular flexibility index (Phi) is 6.82. The molecule has 0 bridgehead atoms. The maximum Gasteiger partial charge on any atom is 0.242 e. The maximum atomic E-state index is 12.3. The summed E-state index contributed by atoms with van der Waals surface area (Å²) in [5.74, 6) is 0.223. The fraction of sp³-hybridized carbons (Fsp3) is 0.320. The Morgan fingerprint density at radius 3 is 2.57 bits per heavy atom. The smallest absolute Gasteiger partial charge is 0.242 e. The van der Waals surface area contributed by atoms with Crippen LogP contribution in [0.15, 0.2) is 52.9 Å². The highest BCUT2D eigenvalue weighted by molar-refractivity contribution is 7.18. The summed E-state index contributed by atoms with van der Waals surface area (Å²) in [7, 11) is 2.03. The summed E-state index contributed by atoms with van der Waals surface area (Å²) < 4.78 is 6.75. The zero-order chi connectivity index (χ0) is 24.2. The first-order valence-corrected chi connectivity index (χ1v) is 12.3. The number of hydrogen-bond donors (Lipinski definition) is 1. The SMILES string of the molecule is CN1CCN(C(=O)CNC(=O)Cc2nnc(Cc3nc4ccc(-c5ccccc5)cc4s3)o2)CC1. The molecule has 180 valence electrons. The quantitative estimate of drug-likeness (QED) is 0.424. The van der Waals surface area contributed by atoms with Crippen molar-refractivity contribution in [3.8, 4) is 11.1 Å². The van der Waals surface area contributed by atoms with E-state index in [4.69, 9.17) is 4.42 Å². The zero-order valence-corrected chi connectivity index (χ0v) is 20.3. The van der Waals surface area contributed by atoms with Gasteiger partial charge in [0.05, 0.1) is 23.2 Å². The average molecular weight is 491 g/mol. The molecule has 2 aromatic carbocycles. The van der Waals surface area contributed by atoms with Gasteiger partial charge in [-0.25, -0.2) is 4.98 Å². The van der Waals surface area contributed by atoms with Crippen molar-refractivity contribution < 1.29 is 14.0 Å². The number of likely N-dealkylation sites (N-methyl/N-ethyl adjacent to an activating group) is 1. The van der Waals surface area contributed by atoms with E-state index in [-0.39, 0.29) is 30.7 Å². The van der Waals surface area contributed by atoms with Crippen LogP contribution in [-0.4, -0.2) is 76.6 Å². The number of amides is 2. The number of carbonyl (C=O) groups excluding carboxylic acids is 2. The second-order valence-corrected chi connectivity index (χ2v) is 9.68. The molecule has 4 aromatic rings. The van der Waals surface area contributed by atoms with Crippen molar-refractivity contribution in [1.29, 1.82) is 0 Å². The first-order valence-electron chi connectivity index (χ1n) is 11.5. The van der Waals surface area contributed by atoms with E-state index in [1.165, 1.54) is 0 Å². The maximum absolute atomic E-state index is 12.3. The summed E-state index contributed by atoms with van der Waals surface area (Å²) in [5.41, 5.74) is 3.23. The Labute approximate surface area is 206 Å². The van der Waals surface area contributed by atoms with E-state index in [0.717, 1.165) is 39.4 Å². The van der Waals surface area contributed by atoms with Gasteiger partial charge in [0.15, 0.2) is 0 Å². The van der Waals surface area contributed by atoms with Gasteiger partial charge in [-0.15, -0.1) is 21.5 Å². The highest BCUT2D eigenvalue weighted by Crippen LogP contribution is 2.29. The first-order chi connectivity index (χ1) is 17.0. The molecule has 1 N–H and O–H groups in total. The van der Waals surface area contributed by atoms with Crippen LogP contribution in [0.3, 0.4) is 0 Å². The normalized spacial score (nSPS) is 14.4. The Morgan fingerprint density at radius 1 is 1.00 bits per heavy atom. The van der Waals surface area contributed by atoms with Gasteiger partial charge in [0.25, 0.3) is 0 Å². The summed E-state index contributed by atoms with van der Waals surface area (Å²) in [6.45, 7) is 3.01. The molecule has 1 aliphatic heterocycles. The van der Waals surface area contributed by atoms with Gasteiger partial charge in [0.1, 0.15) is 11.4 Å². The van der Waals surface area contributed by atoms with E-state index >= 15 is 0 Å². The van der Waals surface area contributed by atoms with Crippen LogP contribution >= 0.6 is 11.3 Å². The minimum absolute atomic E-state index is 0.0276. The molecule has 1 aliphatic rings. The molecule has 1 saturated heterocycles. The fourth-order valence-corrected chi connectivity index (χ4v) is 4.96. The molecular weight excluding hydrogens is 464 g/mol. The number of nitrogens with zero attached hydrogens (tertiary/aromatic N) is 5. The molecular formula is C25H26N6O3S. The number of fused-ring (bicyclic) bond motifs is 1. The van der Waals surface area contributed by atoms with Crippen molar-refractivity contribution in [1.82, 2.24) is 30.3 Å². The standard InChI is InChI=1S/C25H26N6O3S/c1-30-9-11-31(12-10-30)25(33)16-26-21(32)14-22-28-29-23(34-22)15-24-27-19-8-7-18(13-20(19)35-24)17-5-3-2-4-6-17/h2-8,13H,9-12,14-16H2,1H3,(H,26,32). The van der Waals surface area contributed by atoms with Crippen LogP contribution in [0, 0.1) is 0 Å². The summed E-state index contributed by atoms with van der Waals surface area (Å²) in [6, 6.07) is 16.4. The van der Waals surface area contributed by atoms with Crippen LogP contribution in [0.1, 0.15) is 16.8 Å². The van der Waals surface area contributed by atoms with Gasteiger partial charge in [0.2, 0.25) is 23.6 Å². The Hall–Kier alpha value is -3.63. The largest absolute Gasteiger partial charge is 0.424 e. The minimum atomic E-state index is -0.323. The van der Waals surface area contributed by atoms with E-state index in [2.05, 4.69) is 49.7 Å². The third-order valence-electron chi connectivity index (χ3n) is 5.96. The highest BCUT2D eigenvalue weighted by atomic mass is 32.1. The van der Waals surface area contributed by atoms with Crippen LogP contribution in [0.2, 0.25) is 0 Å². The Morgan fingerprint density at radius 2 is 1.77 bits per heavy atom. The number of rotatable bonds is 7. The number of aromatic nitrogens is 3. The predicted molar refractivity (Wildman–Crippen MR) is 133 cm³/mol. The molecule has 0 unspecified atom stereocenters. The van der Waals surface area contributed by atoms with Crippen LogP contribution < -0.4 is 5.32 Å². The number of benzene rings is 2. The van der Waals surface area contributed by atoms with Crippen LogP contribution in [0.25, 0.3) is 21.3 Å². The second kappa shape index (κ2) is 10.3. The lowest BCUT2D eigenvalue weighted by Gasteiger charge is -2.32. The molecule has 0 atom stereocenters. The number of hydrogen-bond acceptors (Lipinski definition) is 8. The minimum Gasteiger partial charge on any atom is -0.424 e. The second-order valence-electron chi connectivity index (χ2n) is 8.56. The van der Waals surface area contributed by atoms with E-state index in [0.29, 0.717) is 25.4 Å². The van der Waals surface area contributed by atoms with Crippen molar-refractivity contribution in [2.45, 2.75) is 12.8 Å². The van der Waals surface area contributed by atoms with Crippen molar-refractivity contribution in [2.75, 3.05) is 39.8 Å². The van der Waals surface area contributed by atoms with E-state index in [9.17, 15) is 9.59 Å². The van der Waals surface area contributed by atoms with Crippen molar-refractivity contribution in [3.63, 3.8) is 0 Å². The van der Waals surface area contributed by atoms with Crippen LogP contribution in [0.5, 0.6) is 0 Å². The lowest BCUT2D eigenvalue weighted by Crippen LogP contribution is -2.50. The summed E-state index contributed by atoms with van der Waals surface area (Å²) in [4.78, 5) is 33.2. The lowest BCUT2D eigenvalue weighted by atomic mass is 10.1. The van der Waals surface area contributed by atoms with Gasteiger partial charge in [-0.1, -0.05) is 36.4 Å². The van der Waals surface area contributed by atoms with E-state index in [1.807, 2.05) is 31.3 Å². The van der Waals surface area contributed by atoms with Crippen molar-refractivity contribution in [3.05, 3.63) is 65.3 Å². The highest BCUT2D eigenvalue weighted by Gasteiger charge is 2.20. The molecule has 0 radical (unpaired) electrons. The van der Waals surface area contributed by atoms with E-state index in [1.54, 1.807) is 16.2 Å². The zero-order valence-electron chi connectivity index (χ0n) is 19.4. The molecule has 1 fully saturated rings. The molecule has 0 saturated carbocycles. The van der Waals surface area contributed by atoms with Gasteiger partial charge in [-0.2, -0.15) is 0 Å². The van der Waals surface area contributed by atoms with Gasteiger partial charge in [-0.05, 0) is 30.3 Å². The number of carbonyl (C=O) groups is 2.